The standard InChI is InChI=1S/C15H12F3N3O2S/c1-9-3-2-4-10(7-9)19-14(24)20-13-6-5-11(21(22)23)8-12(13)15(16,17)18/h2-8H,1H3,(H2,19,20,24). The van der Waals surface area contributed by atoms with Crippen LogP contribution >= 0.6 is 12.2 Å². The van der Waals surface area contributed by atoms with E-state index in [0.717, 1.165) is 17.7 Å². The van der Waals surface area contributed by atoms with E-state index in [-0.39, 0.29) is 10.8 Å². The number of hydrogen-bond donors (Lipinski definition) is 2. The van der Waals surface area contributed by atoms with E-state index in [1.54, 1.807) is 18.2 Å². The number of rotatable bonds is 3. The van der Waals surface area contributed by atoms with Crippen LogP contribution in [-0.2, 0) is 6.18 Å². The van der Waals surface area contributed by atoms with Gasteiger partial charge >= 0.3 is 6.18 Å². The SMILES string of the molecule is Cc1cccc(NC(=S)Nc2ccc([N+](=O)[O-])cc2C(F)(F)F)c1. The monoisotopic (exact) mass is 355 g/mol. The molecule has 2 rings (SSSR count). The van der Waals surface area contributed by atoms with E-state index in [1.165, 1.54) is 0 Å². The lowest BCUT2D eigenvalue weighted by Gasteiger charge is -2.16. The minimum atomic E-state index is -4.76. The van der Waals surface area contributed by atoms with Crippen LogP contribution in [-0.4, -0.2) is 10.0 Å². The first-order valence-electron chi connectivity index (χ1n) is 6.67. The Balaban J connectivity index is 2.25. The van der Waals surface area contributed by atoms with Crippen molar-refractivity contribution < 1.29 is 18.1 Å². The largest absolute Gasteiger partial charge is 0.418 e. The Labute approximate surface area is 140 Å². The van der Waals surface area contributed by atoms with Crippen LogP contribution in [0.1, 0.15) is 11.1 Å². The fourth-order valence-corrected chi connectivity index (χ4v) is 2.22. The van der Waals surface area contributed by atoms with Crippen molar-refractivity contribution in [2.24, 2.45) is 0 Å². The topological polar surface area (TPSA) is 67.2 Å². The Morgan fingerprint density at radius 1 is 1.17 bits per heavy atom. The maximum absolute atomic E-state index is 13.1. The molecule has 24 heavy (non-hydrogen) atoms. The van der Waals surface area contributed by atoms with Gasteiger partial charge in [-0.3, -0.25) is 10.1 Å². The molecule has 5 nitrogen and oxygen atoms in total. The molecule has 0 aliphatic carbocycles. The molecular formula is C15H12F3N3O2S. The van der Waals surface area contributed by atoms with Gasteiger partial charge in [0, 0.05) is 17.8 Å². The van der Waals surface area contributed by atoms with Gasteiger partial charge in [0.15, 0.2) is 5.11 Å². The van der Waals surface area contributed by atoms with E-state index < -0.39 is 22.4 Å². The lowest BCUT2D eigenvalue weighted by Crippen LogP contribution is -2.21. The number of nitrogens with zero attached hydrogens (tertiary/aromatic N) is 1. The Morgan fingerprint density at radius 2 is 1.88 bits per heavy atom. The second kappa shape index (κ2) is 6.83. The first-order valence-corrected chi connectivity index (χ1v) is 7.08. The zero-order valence-electron chi connectivity index (χ0n) is 12.3. The van der Waals surface area contributed by atoms with Gasteiger partial charge in [0.25, 0.3) is 5.69 Å². The minimum Gasteiger partial charge on any atom is -0.332 e. The third kappa shape index (κ3) is 4.42. The average Bonchev–Trinajstić information content (AvgIpc) is 2.46. The van der Waals surface area contributed by atoms with E-state index in [9.17, 15) is 23.3 Å². The van der Waals surface area contributed by atoms with Crippen LogP contribution in [0.2, 0.25) is 0 Å². The number of non-ortho nitro benzene ring substituents is 1. The molecule has 0 radical (unpaired) electrons. The van der Waals surface area contributed by atoms with Crippen molar-refractivity contribution in [3.05, 3.63) is 63.7 Å². The Morgan fingerprint density at radius 3 is 2.46 bits per heavy atom. The smallest absolute Gasteiger partial charge is 0.332 e. The van der Waals surface area contributed by atoms with Crippen LogP contribution in [0.3, 0.4) is 0 Å². The molecule has 0 saturated heterocycles. The Bertz CT molecular complexity index is 794. The number of nitro benzene ring substituents is 1. The maximum Gasteiger partial charge on any atom is 0.418 e. The summed E-state index contributed by atoms with van der Waals surface area (Å²) in [5.74, 6) is 0. The number of nitrogens with one attached hydrogen (secondary N) is 2. The van der Waals surface area contributed by atoms with Gasteiger partial charge in [-0.2, -0.15) is 13.2 Å². The summed E-state index contributed by atoms with van der Waals surface area (Å²) in [7, 11) is 0. The number of benzene rings is 2. The second-order valence-electron chi connectivity index (χ2n) is 4.93. The summed E-state index contributed by atoms with van der Waals surface area (Å²) < 4.78 is 39.3. The van der Waals surface area contributed by atoms with Crippen LogP contribution < -0.4 is 10.6 Å². The Hall–Kier alpha value is -2.68. The summed E-state index contributed by atoms with van der Waals surface area (Å²) >= 11 is 5.00. The van der Waals surface area contributed by atoms with Gasteiger partial charge in [-0.1, -0.05) is 12.1 Å². The lowest BCUT2D eigenvalue weighted by atomic mass is 10.1. The lowest BCUT2D eigenvalue weighted by molar-refractivity contribution is -0.385. The van der Waals surface area contributed by atoms with Crippen molar-refractivity contribution in [2.75, 3.05) is 10.6 Å². The molecule has 0 aromatic heterocycles. The zero-order valence-corrected chi connectivity index (χ0v) is 13.2. The molecule has 2 aromatic carbocycles. The highest BCUT2D eigenvalue weighted by Gasteiger charge is 2.35. The maximum atomic E-state index is 13.1. The van der Waals surface area contributed by atoms with Crippen molar-refractivity contribution in [2.45, 2.75) is 13.1 Å². The molecule has 0 atom stereocenters. The van der Waals surface area contributed by atoms with Crippen LogP contribution in [0.4, 0.5) is 30.2 Å². The number of halogens is 3. The molecule has 126 valence electrons. The van der Waals surface area contributed by atoms with Crippen molar-refractivity contribution in [3.63, 3.8) is 0 Å². The first kappa shape index (κ1) is 17.7. The highest BCUT2D eigenvalue weighted by Crippen LogP contribution is 2.37. The van der Waals surface area contributed by atoms with E-state index in [0.29, 0.717) is 11.8 Å². The van der Waals surface area contributed by atoms with Gasteiger partial charge in [0.1, 0.15) is 0 Å². The highest BCUT2D eigenvalue weighted by molar-refractivity contribution is 7.80. The van der Waals surface area contributed by atoms with Crippen molar-refractivity contribution in [1.82, 2.24) is 0 Å². The molecule has 0 bridgehead atoms. The number of thiocarbonyl (C=S) groups is 1. The molecule has 2 aromatic rings. The van der Waals surface area contributed by atoms with Gasteiger partial charge < -0.3 is 10.6 Å². The summed E-state index contributed by atoms with van der Waals surface area (Å²) in [6, 6.07) is 9.54. The van der Waals surface area contributed by atoms with Crippen LogP contribution in [0.25, 0.3) is 0 Å². The fraction of sp³-hybridized carbons (Fsp3) is 0.133. The average molecular weight is 355 g/mol. The third-order valence-corrected chi connectivity index (χ3v) is 3.25. The van der Waals surface area contributed by atoms with Gasteiger partial charge in [0.05, 0.1) is 16.2 Å². The molecular weight excluding hydrogens is 343 g/mol. The molecule has 0 heterocycles. The van der Waals surface area contributed by atoms with Crippen LogP contribution in [0, 0.1) is 17.0 Å². The van der Waals surface area contributed by atoms with E-state index >= 15 is 0 Å². The molecule has 0 fully saturated rings. The highest BCUT2D eigenvalue weighted by atomic mass is 32.1. The second-order valence-corrected chi connectivity index (χ2v) is 5.34. The molecule has 0 spiro atoms. The first-order chi connectivity index (χ1) is 11.2. The minimum absolute atomic E-state index is 0.0556. The molecule has 9 heteroatoms. The van der Waals surface area contributed by atoms with Crippen molar-refractivity contribution in [1.29, 1.82) is 0 Å². The summed E-state index contributed by atoms with van der Waals surface area (Å²) in [4.78, 5) is 9.78. The van der Waals surface area contributed by atoms with Gasteiger partial charge in [-0.15, -0.1) is 0 Å². The molecule has 0 aliphatic heterocycles. The summed E-state index contributed by atoms with van der Waals surface area (Å²) in [5.41, 5.74) is -0.606. The number of alkyl halides is 3. The molecule has 0 aliphatic rings. The van der Waals surface area contributed by atoms with Gasteiger partial charge in [0.2, 0.25) is 0 Å². The quantitative estimate of drug-likeness (QED) is 0.473. The summed E-state index contributed by atoms with van der Waals surface area (Å²) in [6.45, 7) is 1.86. The van der Waals surface area contributed by atoms with Crippen LogP contribution in [0.5, 0.6) is 0 Å². The third-order valence-electron chi connectivity index (χ3n) is 3.04. The molecule has 0 saturated carbocycles. The van der Waals surface area contributed by atoms with Gasteiger partial charge in [-0.25, -0.2) is 0 Å². The summed E-state index contributed by atoms with van der Waals surface area (Å²) in [5, 5.41) is 15.8. The van der Waals surface area contributed by atoms with Gasteiger partial charge in [-0.05, 0) is 42.9 Å². The Kier molecular flexibility index (Phi) is 5.03. The van der Waals surface area contributed by atoms with E-state index in [4.69, 9.17) is 12.2 Å². The fourth-order valence-electron chi connectivity index (χ4n) is 2.00. The van der Waals surface area contributed by atoms with E-state index in [2.05, 4.69) is 10.6 Å². The van der Waals surface area contributed by atoms with Crippen molar-refractivity contribution >= 4 is 34.4 Å². The summed E-state index contributed by atoms with van der Waals surface area (Å²) in [6.07, 6.45) is -4.76. The predicted molar refractivity (Wildman–Crippen MR) is 89.1 cm³/mol. The molecule has 0 unspecified atom stereocenters. The van der Waals surface area contributed by atoms with Crippen LogP contribution in [0.15, 0.2) is 42.5 Å². The number of nitro groups is 1. The number of aryl methyl sites for hydroxylation is 1. The van der Waals surface area contributed by atoms with E-state index in [1.807, 2.05) is 13.0 Å². The molecule has 0 amide bonds. The number of hydrogen-bond acceptors (Lipinski definition) is 3. The predicted octanol–water partition coefficient (Wildman–Crippen LogP) is 4.73. The van der Waals surface area contributed by atoms with Crippen molar-refractivity contribution in [3.8, 4) is 0 Å². The zero-order chi connectivity index (χ0) is 17.9. The number of anilines is 2. The molecule has 2 N–H and O–H groups in total. The normalized spacial score (nSPS) is 11.0.